The van der Waals surface area contributed by atoms with Crippen molar-refractivity contribution in [2.24, 2.45) is 10.9 Å². The quantitative estimate of drug-likeness (QED) is 0.236. The van der Waals surface area contributed by atoms with E-state index in [0.29, 0.717) is 6.54 Å². The first-order valence-corrected chi connectivity index (χ1v) is 6.05. The molecule has 0 unspecified atom stereocenters. The lowest BCUT2D eigenvalue weighted by atomic mass is 10.4. The molecule has 8 heteroatoms. The van der Waals surface area contributed by atoms with Crippen LogP contribution in [0.5, 0.6) is 0 Å². The molecule has 4 N–H and O–H groups in total. The molecular weight excluding hydrogens is 220 g/mol. The number of nitrogens with two attached hydrogens (primary N) is 1. The molecule has 0 saturated heterocycles. The van der Waals surface area contributed by atoms with Crippen LogP contribution in [-0.4, -0.2) is 43.9 Å². The minimum Gasteiger partial charge on any atom is -0.409 e. The molecule has 7 nitrogen and oxygen atoms in total. The van der Waals surface area contributed by atoms with Crippen LogP contribution in [0.1, 0.15) is 19.8 Å². The van der Waals surface area contributed by atoms with E-state index < -0.39 is 10.2 Å². The van der Waals surface area contributed by atoms with Gasteiger partial charge in [-0.15, -0.1) is 0 Å². The lowest BCUT2D eigenvalue weighted by molar-refractivity contribution is 0.316. The third kappa shape index (κ3) is 5.55. The zero-order valence-electron chi connectivity index (χ0n) is 8.97. The van der Waals surface area contributed by atoms with E-state index in [-0.39, 0.29) is 18.8 Å². The van der Waals surface area contributed by atoms with Crippen molar-refractivity contribution in [3.05, 3.63) is 0 Å². The fraction of sp³-hybridized carbons (Fsp3) is 0.857. The van der Waals surface area contributed by atoms with Gasteiger partial charge in [-0.05, 0) is 6.42 Å². The fourth-order valence-electron chi connectivity index (χ4n) is 0.783. The third-order valence-corrected chi connectivity index (χ3v) is 3.33. The molecular formula is C7H18N4O3S. The first-order chi connectivity index (χ1) is 6.94. The van der Waals surface area contributed by atoms with Gasteiger partial charge >= 0.3 is 0 Å². The predicted octanol–water partition coefficient (Wildman–Crippen LogP) is -0.701. The van der Waals surface area contributed by atoms with Crippen LogP contribution in [0.3, 0.4) is 0 Å². The summed E-state index contributed by atoms with van der Waals surface area (Å²) in [6.45, 7) is 2.45. The number of nitrogens with one attached hydrogen (secondary N) is 1. The van der Waals surface area contributed by atoms with Crippen LogP contribution in [0.2, 0.25) is 0 Å². The van der Waals surface area contributed by atoms with Crippen LogP contribution in [0.25, 0.3) is 0 Å². The van der Waals surface area contributed by atoms with E-state index in [2.05, 4.69) is 9.88 Å². The summed E-state index contributed by atoms with van der Waals surface area (Å²) in [4.78, 5) is 0. The lowest BCUT2D eigenvalue weighted by Gasteiger charge is -2.16. The highest BCUT2D eigenvalue weighted by Crippen LogP contribution is 1.95. The molecule has 0 spiro atoms. The van der Waals surface area contributed by atoms with Crippen molar-refractivity contribution in [3.8, 4) is 0 Å². The van der Waals surface area contributed by atoms with Crippen molar-refractivity contribution in [1.82, 2.24) is 9.03 Å². The van der Waals surface area contributed by atoms with Crippen LogP contribution >= 0.6 is 0 Å². The Labute approximate surface area is 90.1 Å². The van der Waals surface area contributed by atoms with Gasteiger partial charge < -0.3 is 10.9 Å². The van der Waals surface area contributed by atoms with Gasteiger partial charge in [0.2, 0.25) is 0 Å². The molecule has 0 aromatic carbocycles. The van der Waals surface area contributed by atoms with Crippen molar-refractivity contribution >= 4 is 16.0 Å². The molecule has 0 amide bonds. The minimum absolute atomic E-state index is 0.00698. The molecule has 15 heavy (non-hydrogen) atoms. The molecule has 0 saturated carbocycles. The second kappa shape index (κ2) is 6.59. The Morgan fingerprint density at radius 2 is 2.20 bits per heavy atom. The van der Waals surface area contributed by atoms with Crippen molar-refractivity contribution < 1.29 is 13.6 Å². The standard InChI is InChI=1S/C7H18N4O3S/c1-3-5-9-15(13,14)11(2)6-4-7(8)10-12/h9,12H,3-6H2,1-2H3,(H2,8,10). The van der Waals surface area contributed by atoms with Crippen LogP contribution < -0.4 is 10.5 Å². The smallest absolute Gasteiger partial charge is 0.279 e. The number of rotatable bonds is 7. The Morgan fingerprint density at radius 3 is 2.67 bits per heavy atom. The second-order valence-electron chi connectivity index (χ2n) is 3.06. The first kappa shape index (κ1) is 14.1. The van der Waals surface area contributed by atoms with E-state index in [4.69, 9.17) is 10.9 Å². The van der Waals surface area contributed by atoms with Gasteiger partial charge in [0.1, 0.15) is 5.84 Å². The molecule has 0 aliphatic carbocycles. The van der Waals surface area contributed by atoms with Gasteiger partial charge in [-0.25, -0.2) is 4.72 Å². The van der Waals surface area contributed by atoms with E-state index in [1.807, 2.05) is 6.92 Å². The summed E-state index contributed by atoms with van der Waals surface area (Å²) in [6, 6.07) is 0. The first-order valence-electron chi connectivity index (χ1n) is 4.61. The highest BCUT2D eigenvalue weighted by molar-refractivity contribution is 7.87. The Bertz CT molecular complexity index is 301. The van der Waals surface area contributed by atoms with Crippen molar-refractivity contribution in [3.63, 3.8) is 0 Å². The molecule has 0 aliphatic heterocycles. The van der Waals surface area contributed by atoms with E-state index in [1.165, 1.54) is 7.05 Å². The number of nitrogens with zero attached hydrogens (tertiary/aromatic N) is 2. The summed E-state index contributed by atoms with van der Waals surface area (Å²) < 4.78 is 26.5. The lowest BCUT2D eigenvalue weighted by Crippen LogP contribution is -2.39. The molecule has 0 aromatic rings. The zero-order valence-corrected chi connectivity index (χ0v) is 9.79. The molecule has 0 aliphatic rings. The maximum Gasteiger partial charge on any atom is 0.279 e. The Kier molecular flexibility index (Phi) is 6.21. The molecule has 0 heterocycles. The summed E-state index contributed by atoms with van der Waals surface area (Å²) in [5.41, 5.74) is 5.22. The molecule has 0 rings (SSSR count). The number of hydrogen-bond acceptors (Lipinski definition) is 4. The predicted molar refractivity (Wildman–Crippen MR) is 57.9 cm³/mol. The van der Waals surface area contributed by atoms with E-state index >= 15 is 0 Å². The Balaban J connectivity index is 4.14. The van der Waals surface area contributed by atoms with Crippen LogP contribution in [0, 0.1) is 0 Å². The van der Waals surface area contributed by atoms with Crippen LogP contribution in [-0.2, 0) is 10.2 Å². The summed E-state index contributed by atoms with van der Waals surface area (Å²) in [5, 5.41) is 11.0. The Morgan fingerprint density at radius 1 is 1.60 bits per heavy atom. The van der Waals surface area contributed by atoms with Gasteiger partial charge in [0.05, 0.1) is 0 Å². The Hall–Kier alpha value is -0.860. The average molecular weight is 238 g/mol. The van der Waals surface area contributed by atoms with Gasteiger partial charge in [0.15, 0.2) is 0 Å². The number of amidine groups is 1. The fourth-order valence-corrected chi connectivity index (χ4v) is 1.80. The van der Waals surface area contributed by atoms with Crippen molar-refractivity contribution in [2.45, 2.75) is 19.8 Å². The summed E-state index contributed by atoms with van der Waals surface area (Å²) >= 11 is 0. The molecule has 0 radical (unpaired) electrons. The second-order valence-corrected chi connectivity index (χ2v) is 4.92. The van der Waals surface area contributed by atoms with Crippen molar-refractivity contribution in [2.75, 3.05) is 20.1 Å². The maximum atomic E-state index is 11.5. The van der Waals surface area contributed by atoms with Gasteiger partial charge in [-0.1, -0.05) is 12.1 Å². The highest BCUT2D eigenvalue weighted by Gasteiger charge is 2.16. The average Bonchev–Trinajstić information content (AvgIpc) is 2.22. The molecule has 90 valence electrons. The third-order valence-electron chi connectivity index (χ3n) is 1.76. The summed E-state index contributed by atoms with van der Waals surface area (Å²) in [6.07, 6.45) is 0.924. The summed E-state index contributed by atoms with van der Waals surface area (Å²) in [5.74, 6) is 0.00698. The number of oxime groups is 1. The molecule has 0 aromatic heterocycles. The highest BCUT2D eigenvalue weighted by atomic mass is 32.2. The minimum atomic E-state index is -3.44. The monoisotopic (exact) mass is 238 g/mol. The van der Waals surface area contributed by atoms with E-state index in [9.17, 15) is 8.42 Å². The van der Waals surface area contributed by atoms with Gasteiger partial charge in [-0.2, -0.15) is 12.7 Å². The molecule has 0 fully saturated rings. The molecule has 0 atom stereocenters. The zero-order chi connectivity index (χ0) is 11.9. The maximum absolute atomic E-state index is 11.5. The van der Waals surface area contributed by atoms with Crippen LogP contribution in [0.4, 0.5) is 0 Å². The van der Waals surface area contributed by atoms with Crippen LogP contribution in [0.15, 0.2) is 5.16 Å². The SMILES string of the molecule is CCCNS(=O)(=O)N(C)CCC(N)=NO. The van der Waals surface area contributed by atoms with Crippen molar-refractivity contribution in [1.29, 1.82) is 0 Å². The van der Waals surface area contributed by atoms with Gasteiger partial charge in [-0.3, -0.25) is 0 Å². The summed E-state index contributed by atoms with van der Waals surface area (Å²) in [7, 11) is -2.00. The van der Waals surface area contributed by atoms with E-state index in [1.54, 1.807) is 0 Å². The van der Waals surface area contributed by atoms with E-state index in [0.717, 1.165) is 10.7 Å². The normalized spacial score (nSPS) is 13.4. The number of hydrogen-bond donors (Lipinski definition) is 3. The topological polar surface area (TPSA) is 108 Å². The largest absolute Gasteiger partial charge is 0.409 e. The van der Waals surface area contributed by atoms with Gasteiger partial charge in [0.25, 0.3) is 10.2 Å². The molecule has 0 bridgehead atoms. The van der Waals surface area contributed by atoms with Gasteiger partial charge in [0, 0.05) is 26.6 Å².